The van der Waals surface area contributed by atoms with Crippen LogP contribution in [0.4, 0.5) is 35.9 Å². The number of rotatable bonds is 30. The third-order valence-electron chi connectivity index (χ3n) is 14.4. The number of anilines is 4. The summed E-state index contributed by atoms with van der Waals surface area (Å²) in [5.41, 5.74) is 15.6. The zero-order chi connectivity index (χ0) is 58.3. The van der Waals surface area contributed by atoms with Crippen LogP contribution in [0.1, 0.15) is 55.3 Å². The number of hydrogen-bond donors (Lipinski definition) is 6. The van der Waals surface area contributed by atoms with Gasteiger partial charge >= 0.3 is 6.18 Å². The lowest BCUT2D eigenvalue weighted by molar-refractivity contribution is -0.140. The molecule has 0 bridgehead atoms. The van der Waals surface area contributed by atoms with Crippen molar-refractivity contribution < 1.29 is 49.7 Å². The summed E-state index contributed by atoms with van der Waals surface area (Å²) < 4.78 is 106. The lowest BCUT2D eigenvalue weighted by atomic mass is 9.88. The van der Waals surface area contributed by atoms with E-state index >= 15 is 0 Å². The number of fused-ring (bicyclic) bond motifs is 3. The van der Waals surface area contributed by atoms with Crippen molar-refractivity contribution in [2.24, 2.45) is 5.73 Å². The lowest BCUT2D eigenvalue weighted by Gasteiger charge is -2.35. The minimum Gasteiger partial charge on any atom is -0.494 e. The highest BCUT2D eigenvalue weighted by atomic mass is 32.2. The number of aromatic nitrogens is 4. The molecule has 20 nitrogen and oxygen atoms in total. The Morgan fingerprint density at radius 2 is 1.53 bits per heavy atom. The quantitative estimate of drug-likeness (QED) is 0.0140. The van der Waals surface area contributed by atoms with Crippen LogP contribution in [0.3, 0.4) is 0 Å². The van der Waals surface area contributed by atoms with E-state index < -0.39 is 22.7 Å². The SMILES string of the molecule is CNN(/C=C(\N)COc1ccc(NCc2nnc(-c3cc4c(n3CC(F)(F)F)C=CCC4NC3CCC(N(C)C)CC3)o2)cc1)CCOCCOCCOCCS(=O)(=O)Nc1ccc(Nc2c3ccccc3nc3ccccc23)c(OC)c1. The summed E-state index contributed by atoms with van der Waals surface area (Å²) in [6, 6.07) is 30.5. The van der Waals surface area contributed by atoms with Gasteiger partial charge < -0.3 is 64.3 Å². The van der Waals surface area contributed by atoms with E-state index in [2.05, 4.69) is 55.3 Å². The van der Waals surface area contributed by atoms with Gasteiger partial charge in [-0.05, 0) is 112 Å². The number of nitrogens with one attached hydrogen (secondary N) is 5. The van der Waals surface area contributed by atoms with Gasteiger partial charge in [-0.15, -0.1) is 10.2 Å². The third-order valence-corrected chi connectivity index (χ3v) is 15.7. The third kappa shape index (κ3) is 16.6. The van der Waals surface area contributed by atoms with Crippen LogP contribution in [0.2, 0.25) is 0 Å². The zero-order valence-corrected chi connectivity index (χ0v) is 47.9. The average molecular weight is 1170 g/mol. The molecular formula is C59H73F3N12O8S. The maximum atomic E-state index is 14.0. The summed E-state index contributed by atoms with van der Waals surface area (Å²) in [5.74, 6) is 1.02. The van der Waals surface area contributed by atoms with Gasteiger partial charge in [-0.3, -0.25) is 4.72 Å². The number of ether oxygens (including phenoxy) is 5. The number of benzene rings is 4. The second kappa shape index (κ2) is 28.2. The molecule has 1 fully saturated rings. The number of halogens is 3. The number of alkyl halides is 3. The highest BCUT2D eigenvalue weighted by Gasteiger charge is 2.35. The van der Waals surface area contributed by atoms with E-state index in [1.807, 2.05) is 66.7 Å². The van der Waals surface area contributed by atoms with Crippen LogP contribution in [0.5, 0.6) is 11.5 Å². The Balaban J connectivity index is 0.640. The molecule has 0 spiro atoms. The Morgan fingerprint density at radius 3 is 2.20 bits per heavy atom. The van der Waals surface area contributed by atoms with Crippen molar-refractivity contribution in [1.82, 2.24) is 40.4 Å². The minimum atomic E-state index is -4.46. The van der Waals surface area contributed by atoms with Crippen molar-refractivity contribution in [3.8, 4) is 23.1 Å². The molecule has 3 aromatic heterocycles. The standard InChI is InChI=1S/C59H73F3N12O8S/c1-64-73(26-27-78-28-29-79-30-31-80-32-33-83(75,76)71-43-20-25-52(55(34-43)77-4)68-57-46-10-5-7-12-49(46)67-50-13-8-6-11-47(50)57)37-40(63)38-81-45-23-18-41(19-24-45)65-36-56-69-70-58(82-56)54-35-48-51(66-42-16-21-44(22-17-42)72(2)3)14-9-15-53(48)74(54)39-59(60,61)62/h5-13,15,18-20,23-25,34-35,37,42,44,51,64-66,71H,14,16-17,21-22,26-33,36,38-39,63H2,1-4H3,(H,67,68)/b40-37-. The topological polar surface area (TPSA) is 230 Å². The summed E-state index contributed by atoms with van der Waals surface area (Å²) in [5, 5.41) is 22.5. The van der Waals surface area contributed by atoms with Crippen LogP contribution in [0, 0.1) is 0 Å². The fourth-order valence-electron chi connectivity index (χ4n) is 10.2. The van der Waals surface area contributed by atoms with Crippen molar-refractivity contribution in [1.29, 1.82) is 0 Å². The van der Waals surface area contributed by atoms with Crippen LogP contribution >= 0.6 is 0 Å². The van der Waals surface area contributed by atoms with Crippen molar-refractivity contribution in [2.75, 3.05) is 102 Å². The Kier molecular flexibility index (Phi) is 20.4. The molecule has 444 valence electrons. The smallest absolute Gasteiger partial charge is 0.406 e. The lowest BCUT2D eigenvalue weighted by Crippen LogP contribution is -2.41. The van der Waals surface area contributed by atoms with Gasteiger partial charge in [-0.1, -0.05) is 42.5 Å². The van der Waals surface area contributed by atoms with Gasteiger partial charge in [0.25, 0.3) is 5.89 Å². The van der Waals surface area contributed by atoms with Gasteiger partial charge in [0.2, 0.25) is 15.9 Å². The fraction of sp³-hybridized carbons (Fsp3) is 0.407. The van der Waals surface area contributed by atoms with Gasteiger partial charge in [0.15, 0.2) is 0 Å². The molecule has 1 unspecified atom stereocenters. The molecule has 0 saturated heterocycles. The number of methoxy groups -OCH3 is 1. The molecule has 4 aromatic carbocycles. The first-order valence-corrected chi connectivity index (χ1v) is 29.3. The minimum absolute atomic E-state index is 0.0173. The Labute approximate surface area is 481 Å². The molecular weight excluding hydrogens is 1090 g/mol. The van der Waals surface area contributed by atoms with E-state index in [1.165, 1.54) is 11.7 Å². The van der Waals surface area contributed by atoms with Gasteiger partial charge in [0.1, 0.15) is 30.3 Å². The number of sulfonamides is 1. The van der Waals surface area contributed by atoms with E-state index in [4.69, 9.17) is 38.8 Å². The molecule has 9 rings (SSSR count). The first kappa shape index (κ1) is 60.2. The molecule has 0 amide bonds. The number of para-hydroxylation sites is 2. The van der Waals surface area contributed by atoms with Crippen molar-refractivity contribution in [3.05, 3.63) is 132 Å². The second-order valence-corrected chi connectivity index (χ2v) is 22.3. The van der Waals surface area contributed by atoms with Crippen LogP contribution in [-0.2, 0) is 37.3 Å². The van der Waals surface area contributed by atoms with Crippen molar-refractivity contribution in [3.63, 3.8) is 0 Å². The number of nitrogens with zero attached hydrogens (tertiary/aromatic N) is 6. The van der Waals surface area contributed by atoms with Crippen LogP contribution < -0.4 is 41.3 Å². The molecule has 0 radical (unpaired) electrons. The molecule has 1 saturated carbocycles. The Bertz CT molecular complexity index is 3370. The second-order valence-electron chi connectivity index (χ2n) is 20.5. The van der Waals surface area contributed by atoms with Crippen LogP contribution in [0.25, 0.3) is 39.5 Å². The van der Waals surface area contributed by atoms with Crippen molar-refractivity contribution >= 4 is 60.7 Å². The number of nitrogens with two attached hydrogens (primary N) is 1. The molecule has 2 aliphatic rings. The molecule has 83 heavy (non-hydrogen) atoms. The maximum absolute atomic E-state index is 14.0. The maximum Gasteiger partial charge on any atom is 0.406 e. The van der Waals surface area contributed by atoms with E-state index in [0.717, 1.165) is 64.4 Å². The molecule has 0 aliphatic heterocycles. The highest BCUT2D eigenvalue weighted by Crippen LogP contribution is 2.40. The van der Waals surface area contributed by atoms with Crippen molar-refractivity contribution in [2.45, 2.75) is 69.5 Å². The molecule has 1 atom stereocenters. The summed E-state index contributed by atoms with van der Waals surface area (Å²) in [6.45, 7) is 1.03. The summed E-state index contributed by atoms with van der Waals surface area (Å²) >= 11 is 0. The van der Waals surface area contributed by atoms with E-state index in [9.17, 15) is 21.6 Å². The zero-order valence-electron chi connectivity index (χ0n) is 47.1. The van der Waals surface area contributed by atoms with Gasteiger partial charge in [-0.2, -0.15) is 13.2 Å². The number of hydrogen-bond acceptors (Lipinski definition) is 18. The average Bonchev–Trinajstić information content (AvgIpc) is 3.18. The largest absolute Gasteiger partial charge is 0.494 e. The number of hydrazine groups is 1. The predicted octanol–water partition coefficient (Wildman–Crippen LogP) is 9.19. The molecule has 7 aromatic rings. The van der Waals surface area contributed by atoms with E-state index in [0.29, 0.717) is 73.1 Å². The first-order valence-electron chi connectivity index (χ1n) is 27.7. The summed E-state index contributed by atoms with van der Waals surface area (Å²) in [6.07, 6.45) is 5.78. The molecule has 3 heterocycles. The van der Waals surface area contributed by atoms with Crippen LogP contribution in [0.15, 0.2) is 119 Å². The van der Waals surface area contributed by atoms with E-state index in [-0.39, 0.29) is 68.3 Å². The normalized spacial score (nSPS) is 16.6. The summed E-state index contributed by atoms with van der Waals surface area (Å²) in [4.78, 5) is 7.05. The fourth-order valence-corrected chi connectivity index (χ4v) is 11.1. The number of pyridine rings is 1. The summed E-state index contributed by atoms with van der Waals surface area (Å²) in [7, 11) is 3.76. The molecule has 2 aliphatic carbocycles. The van der Waals surface area contributed by atoms with E-state index in [1.54, 1.807) is 60.7 Å². The van der Waals surface area contributed by atoms with Gasteiger partial charge in [0, 0.05) is 59.6 Å². The molecule has 24 heteroatoms. The Morgan fingerprint density at radius 1 is 0.855 bits per heavy atom. The Hall–Kier alpha value is -7.45. The van der Waals surface area contributed by atoms with Gasteiger partial charge in [-0.25, -0.2) is 18.8 Å². The highest BCUT2D eigenvalue weighted by molar-refractivity contribution is 7.92. The predicted molar refractivity (Wildman–Crippen MR) is 316 cm³/mol. The molecule has 7 N–H and O–H groups in total. The van der Waals surface area contributed by atoms with Gasteiger partial charge in [0.05, 0.1) is 99.4 Å². The monoisotopic (exact) mass is 1170 g/mol. The first-order chi connectivity index (χ1) is 40.1. The van der Waals surface area contributed by atoms with Crippen LogP contribution in [-0.4, -0.2) is 143 Å².